The van der Waals surface area contributed by atoms with Crippen LogP contribution in [0.2, 0.25) is 0 Å². The van der Waals surface area contributed by atoms with Crippen molar-refractivity contribution in [2.75, 3.05) is 12.8 Å². The highest BCUT2D eigenvalue weighted by atomic mass is 19.1. The Morgan fingerprint density at radius 2 is 2.00 bits per heavy atom. The van der Waals surface area contributed by atoms with E-state index in [1.807, 2.05) is 0 Å². The van der Waals surface area contributed by atoms with Gasteiger partial charge in [-0.3, -0.25) is 4.98 Å². The average Bonchev–Trinajstić information content (AvgIpc) is 2.44. The molecule has 1 aromatic carbocycles. The lowest BCUT2D eigenvalue weighted by molar-refractivity contribution is 0.0592. The van der Waals surface area contributed by atoms with Crippen molar-refractivity contribution in [3.05, 3.63) is 41.9 Å². The van der Waals surface area contributed by atoms with E-state index in [1.165, 1.54) is 7.11 Å². The standard InChI is InChI=1S/C12H9F2N3O3/c1-19-12(18)9-4-16-5-11(17-9)20-10-3-6(13)8(15)2-7(10)14/h2-5H,15H2,1H3. The maximum absolute atomic E-state index is 13.5. The summed E-state index contributed by atoms with van der Waals surface area (Å²) >= 11 is 0. The molecule has 20 heavy (non-hydrogen) atoms. The summed E-state index contributed by atoms with van der Waals surface area (Å²) in [6, 6.07) is 1.55. The summed E-state index contributed by atoms with van der Waals surface area (Å²) in [5.74, 6) is -3.04. The van der Waals surface area contributed by atoms with Crippen LogP contribution in [0.1, 0.15) is 10.5 Å². The molecule has 0 aliphatic heterocycles. The summed E-state index contributed by atoms with van der Waals surface area (Å²) in [5.41, 5.74) is 4.74. The van der Waals surface area contributed by atoms with Crippen molar-refractivity contribution in [1.82, 2.24) is 9.97 Å². The van der Waals surface area contributed by atoms with Crippen LogP contribution in [0.5, 0.6) is 11.6 Å². The third-order valence-electron chi connectivity index (χ3n) is 2.27. The SMILES string of the molecule is COC(=O)c1cncc(Oc2cc(F)c(N)cc2F)n1. The average molecular weight is 281 g/mol. The molecule has 1 heterocycles. The summed E-state index contributed by atoms with van der Waals surface area (Å²) < 4.78 is 36.3. The van der Waals surface area contributed by atoms with Crippen molar-refractivity contribution in [1.29, 1.82) is 0 Å². The fourth-order valence-electron chi connectivity index (χ4n) is 1.34. The third-order valence-corrected chi connectivity index (χ3v) is 2.27. The van der Waals surface area contributed by atoms with Crippen molar-refractivity contribution in [3.8, 4) is 11.6 Å². The number of nitrogen functional groups attached to an aromatic ring is 1. The predicted octanol–water partition coefficient (Wildman–Crippen LogP) is 1.92. The Morgan fingerprint density at radius 3 is 2.70 bits per heavy atom. The van der Waals surface area contributed by atoms with Crippen LogP contribution < -0.4 is 10.5 Å². The Bertz CT molecular complexity index is 664. The van der Waals surface area contributed by atoms with E-state index in [-0.39, 0.29) is 17.3 Å². The molecule has 6 nitrogen and oxygen atoms in total. The number of ether oxygens (including phenoxy) is 2. The first-order valence-corrected chi connectivity index (χ1v) is 5.34. The highest BCUT2D eigenvalue weighted by molar-refractivity contribution is 5.86. The van der Waals surface area contributed by atoms with Crippen LogP contribution in [-0.4, -0.2) is 23.0 Å². The van der Waals surface area contributed by atoms with E-state index in [0.717, 1.165) is 24.5 Å². The molecule has 2 aromatic rings. The zero-order valence-electron chi connectivity index (χ0n) is 10.3. The van der Waals surface area contributed by atoms with Gasteiger partial charge in [0, 0.05) is 12.1 Å². The Morgan fingerprint density at radius 1 is 1.25 bits per heavy atom. The van der Waals surface area contributed by atoms with Gasteiger partial charge in [0.25, 0.3) is 0 Å². The Kier molecular flexibility index (Phi) is 3.74. The smallest absolute Gasteiger partial charge is 0.358 e. The van der Waals surface area contributed by atoms with Gasteiger partial charge in [0.2, 0.25) is 5.88 Å². The van der Waals surface area contributed by atoms with E-state index in [9.17, 15) is 13.6 Å². The van der Waals surface area contributed by atoms with Gasteiger partial charge < -0.3 is 15.2 Å². The van der Waals surface area contributed by atoms with Gasteiger partial charge in [0.15, 0.2) is 17.3 Å². The minimum Gasteiger partial charge on any atom is -0.464 e. The number of carbonyl (C=O) groups excluding carboxylic acids is 1. The first-order chi connectivity index (χ1) is 9.51. The van der Waals surface area contributed by atoms with Crippen LogP contribution in [0, 0.1) is 11.6 Å². The number of nitrogens with zero attached hydrogens (tertiary/aromatic N) is 2. The number of methoxy groups -OCH3 is 1. The molecule has 104 valence electrons. The molecule has 0 aliphatic carbocycles. The van der Waals surface area contributed by atoms with Gasteiger partial charge in [-0.1, -0.05) is 0 Å². The number of halogens is 2. The summed E-state index contributed by atoms with van der Waals surface area (Å²) in [7, 11) is 1.17. The topological polar surface area (TPSA) is 87.3 Å². The Balaban J connectivity index is 2.31. The predicted molar refractivity (Wildman–Crippen MR) is 64.2 cm³/mol. The van der Waals surface area contributed by atoms with E-state index in [2.05, 4.69) is 14.7 Å². The molecule has 0 bridgehead atoms. The van der Waals surface area contributed by atoms with Crippen molar-refractivity contribution in [3.63, 3.8) is 0 Å². The largest absolute Gasteiger partial charge is 0.464 e. The lowest BCUT2D eigenvalue weighted by Gasteiger charge is -2.07. The number of aromatic nitrogens is 2. The number of rotatable bonds is 3. The number of hydrogen-bond acceptors (Lipinski definition) is 6. The lowest BCUT2D eigenvalue weighted by Crippen LogP contribution is -2.06. The first-order valence-electron chi connectivity index (χ1n) is 5.34. The molecular formula is C12H9F2N3O3. The third kappa shape index (κ3) is 2.79. The fourth-order valence-corrected chi connectivity index (χ4v) is 1.34. The molecule has 0 saturated heterocycles. The fraction of sp³-hybridized carbons (Fsp3) is 0.0833. The molecule has 2 N–H and O–H groups in total. The zero-order valence-corrected chi connectivity index (χ0v) is 10.3. The van der Waals surface area contributed by atoms with E-state index >= 15 is 0 Å². The number of anilines is 1. The van der Waals surface area contributed by atoms with E-state index in [0.29, 0.717) is 0 Å². The Labute approximate surface area is 112 Å². The molecule has 0 unspecified atom stereocenters. The van der Waals surface area contributed by atoms with Gasteiger partial charge in [-0.25, -0.2) is 18.6 Å². The molecule has 0 spiro atoms. The molecule has 0 saturated carbocycles. The number of nitrogens with two attached hydrogens (primary N) is 1. The summed E-state index contributed by atoms with van der Waals surface area (Å²) in [6.45, 7) is 0. The minimum atomic E-state index is -0.867. The maximum atomic E-state index is 13.5. The molecule has 2 rings (SSSR count). The van der Waals surface area contributed by atoms with Crippen molar-refractivity contribution in [2.24, 2.45) is 0 Å². The summed E-state index contributed by atoms with van der Waals surface area (Å²) in [5, 5.41) is 0. The van der Waals surface area contributed by atoms with Crippen LogP contribution >= 0.6 is 0 Å². The quantitative estimate of drug-likeness (QED) is 0.683. The van der Waals surface area contributed by atoms with Crippen LogP contribution in [0.4, 0.5) is 14.5 Å². The minimum absolute atomic E-state index is 0.124. The second-order valence-corrected chi connectivity index (χ2v) is 3.64. The highest BCUT2D eigenvalue weighted by Gasteiger charge is 2.13. The molecule has 0 fully saturated rings. The van der Waals surface area contributed by atoms with Crippen molar-refractivity contribution >= 4 is 11.7 Å². The van der Waals surface area contributed by atoms with Crippen LogP contribution in [0.25, 0.3) is 0 Å². The van der Waals surface area contributed by atoms with Crippen molar-refractivity contribution < 1.29 is 23.0 Å². The molecule has 0 atom stereocenters. The van der Waals surface area contributed by atoms with Gasteiger partial charge in [-0.15, -0.1) is 0 Å². The van der Waals surface area contributed by atoms with Crippen LogP contribution in [-0.2, 0) is 4.74 Å². The van der Waals surface area contributed by atoms with Gasteiger partial charge in [-0.05, 0) is 0 Å². The summed E-state index contributed by atoms with van der Waals surface area (Å²) in [6.07, 6.45) is 2.29. The highest BCUT2D eigenvalue weighted by Crippen LogP contribution is 2.26. The molecular weight excluding hydrogens is 272 g/mol. The molecule has 8 heteroatoms. The number of benzene rings is 1. The monoisotopic (exact) mass is 281 g/mol. The second kappa shape index (κ2) is 5.47. The van der Waals surface area contributed by atoms with E-state index in [4.69, 9.17) is 10.5 Å². The van der Waals surface area contributed by atoms with Crippen LogP contribution in [0.3, 0.4) is 0 Å². The van der Waals surface area contributed by atoms with E-state index in [1.54, 1.807) is 0 Å². The van der Waals surface area contributed by atoms with Crippen molar-refractivity contribution in [2.45, 2.75) is 0 Å². The van der Waals surface area contributed by atoms with Gasteiger partial charge in [-0.2, -0.15) is 0 Å². The van der Waals surface area contributed by atoms with Crippen LogP contribution in [0.15, 0.2) is 24.5 Å². The molecule has 0 amide bonds. The number of esters is 1. The van der Waals surface area contributed by atoms with Gasteiger partial charge in [0.05, 0.1) is 25.2 Å². The molecule has 0 aliphatic rings. The second-order valence-electron chi connectivity index (χ2n) is 3.64. The summed E-state index contributed by atoms with van der Waals surface area (Å²) in [4.78, 5) is 18.7. The molecule has 1 aromatic heterocycles. The zero-order chi connectivity index (χ0) is 14.7. The Hall–Kier alpha value is -2.77. The van der Waals surface area contributed by atoms with Gasteiger partial charge >= 0.3 is 5.97 Å². The molecule has 0 radical (unpaired) electrons. The maximum Gasteiger partial charge on any atom is 0.358 e. The van der Waals surface area contributed by atoms with Gasteiger partial charge in [0.1, 0.15) is 5.82 Å². The van der Waals surface area contributed by atoms with E-state index < -0.39 is 23.4 Å². The number of carbonyl (C=O) groups is 1. The lowest BCUT2D eigenvalue weighted by atomic mass is 10.3. The normalized spacial score (nSPS) is 10.2. The first kappa shape index (κ1) is 13.7. The number of hydrogen-bond donors (Lipinski definition) is 1.